The zero-order valence-electron chi connectivity index (χ0n) is 25.8. The highest BCUT2D eigenvalue weighted by Gasteiger charge is 2.35. The quantitative estimate of drug-likeness (QED) is 0.213. The van der Waals surface area contributed by atoms with Crippen LogP contribution in [0.25, 0.3) is 16.9 Å². The van der Waals surface area contributed by atoms with Crippen molar-refractivity contribution in [1.29, 1.82) is 0 Å². The van der Waals surface area contributed by atoms with Gasteiger partial charge in [0.2, 0.25) is 0 Å². The van der Waals surface area contributed by atoms with Crippen molar-refractivity contribution in [2.24, 2.45) is 7.05 Å². The Labute approximate surface area is 284 Å². The van der Waals surface area contributed by atoms with Gasteiger partial charge in [-0.25, -0.2) is 9.78 Å². The fourth-order valence-electron chi connectivity index (χ4n) is 5.94. The molecule has 10 nitrogen and oxygen atoms in total. The first-order valence-electron chi connectivity index (χ1n) is 15.4. The first-order chi connectivity index (χ1) is 22.7. The standard InChI is InChI=1S/C35H32BrClN6O4/c1-21-17-42-31(19-41(21)34(45)22-7-14-28(36)29(37)15-22)32(43(35(42)46)24-8-10-25(11-9-24)47-26-12-13-26)33(44)38-16-23-5-3-4-6-27(23)30-18-40(2)20-39-30/h3-11,14-15,18,20-21,26H,12-13,16-17,19H2,1-2H3,(H,38,44)/t21-/m1/s1. The minimum Gasteiger partial charge on any atom is -0.490 e. The third-order valence-corrected chi connectivity index (χ3v) is 9.78. The number of rotatable bonds is 8. The van der Waals surface area contributed by atoms with E-state index < -0.39 is 5.91 Å². The van der Waals surface area contributed by atoms with Crippen LogP contribution in [0.5, 0.6) is 5.75 Å². The maximum Gasteiger partial charge on any atom is 0.333 e. The van der Waals surface area contributed by atoms with Crippen LogP contribution in [0.1, 0.15) is 51.9 Å². The van der Waals surface area contributed by atoms with E-state index in [1.54, 1.807) is 46.1 Å². The first-order valence-corrected chi connectivity index (χ1v) is 16.6. The zero-order chi connectivity index (χ0) is 32.8. The summed E-state index contributed by atoms with van der Waals surface area (Å²) in [5.74, 6) is 0.0400. The molecule has 0 saturated heterocycles. The lowest BCUT2D eigenvalue weighted by molar-refractivity contribution is 0.0610. The van der Waals surface area contributed by atoms with Crippen LogP contribution in [0.3, 0.4) is 0 Å². The zero-order valence-corrected chi connectivity index (χ0v) is 28.2. The molecule has 47 heavy (non-hydrogen) atoms. The van der Waals surface area contributed by atoms with Gasteiger partial charge in [-0.2, -0.15) is 0 Å². The second-order valence-electron chi connectivity index (χ2n) is 12.0. The molecule has 240 valence electrons. The van der Waals surface area contributed by atoms with Gasteiger partial charge < -0.3 is 19.5 Å². The molecule has 0 radical (unpaired) electrons. The molecule has 2 aromatic heterocycles. The summed E-state index contributed by atoms with van der Waals surface area (Å²) < 4.78 is 11.5. The minimum absolute atomic E-state index is 0.0616. The van der Waals surface area contributed by atoms with Crippen LogP contribution in [0.15, 0.2) is 88.5 Å². The van der Waals surface area contributed by atoms with Gasteiger partial charge in [0.05, 0.1) is 41.1 Å². The molecule has 1 aliphatic heterocycles. The number of hydrogen-bond acceptors (Lipinski definition) is 5. The minimum atomic E-state index is -0.432. The Morgan fingerprint density at radius 1 is 1.09 bits per heavy atom. The lowest BCUT2D eigenvalue weighted by Crippen LogP contribution is -2.47. The van der Waals surface area contributed by atoms with Crippen LogP contribution < -0.4 is 15.7 Å². The number of fused-ring (bicyclic) bond motifs is 1. The number of aryl methyl sites for hydroxylation is 1. The summed E-state index contributed by atoms with van der Waals surface area (Å²) >= 11 is 9.70. The molecule has 1 N–H and O–H groups in total. The summed E-state index contributed by atoms with van der Waals surface area (Å²) in [5.41, 5.74) is 3.81. The highest BCUT2D eigenvalue weighted by atomic mass is 79.9. The van der Waals surface area contributed by atoms with Gasteiger partial charge in [-0.1, -0.05) is 35.9 Å². The van der Waals surface area contributed by atoms with Gasteiger partial charge in [0.15, 0.2) is 0 Å². The van der Waals surface area contributed by atoms with E-state index in [-0.39, 0.29) is 49.1 Å². The third-order valence-electron chi connectivity index (χ3n) is 8.55. The van der Waals surface area contributed by atoms with E-state index in [0.717, 1.165) is 29.7 Å². The van der Waals surface area contributed by atoms with Gasteiger partial charge in [-0.05, 0) is 83.7 Å². The van der Waals surface area contributed by atoms with Crippen LogP contribution in [-0.2, 0) is 26.7 Å². The van der Waals surface area contributed by atoms with Gasteiger partial charge in [-0.15, -0.1) is 0 Å². The Bertz CT molecular complexity index is 2060. The smallest absolute Gasteiger partial charge is 0.333 e. The molecule has 1 saturated carbocycles. The number of carbonyl (C=O) groups excluding carboxylic acids is 2. The maximum absolute atomic E-state index is 14.2. The fraction of sp³-hybridized carbons (Fsp3) is 0.257. The average molecular weight is 716 g/mol. The number of imidazole rings is 2. The van der Waals surface area contributed by atoms with Gasteiger partial charge in [0.25, 0.3) is 11.8 Å². The number of amides is 2. The third kappa shape index (κ3) is 6.13. The monoisotopic (exact) mass is 714 g/mol. The van der Waals surface area contributed by atoms with Crippen molar-refractivity contribution in [3.05, 3.63) is 122 Å². The Balaban J connectivity index is 1.26. The van der Waals surface area contributed by atoms with E-state index in [4.69, 9.17) is 16.3 Å². The molecule has 0 bridgehead atoms. The Kier molecular flexibility index (Phi) is 8.27. The van der Waals surface area contributed by atoms with Gasteiger partial charge in [0, 0.05) is 48.0 Å². The predicted molar refractivity (Wildman–Crippen MR) is 182 cm³/mol. The van der Waals surface area contributed by atoms with Crippen molar-refractivity contribution in [3.8, 4) is 22.7 Å². The molecule has 2 amide bonds. The summed E-state index contributed by atoms with van der Waals surface area (Å²) in [5, 5.41) is 3.47. The van der Waals surface area contributed by atoms with Crippen LogP contribution >= 0.6 is 27.5 Å². The van der Waals surface area contributed by atoms with Crippen molar-refractivity contribution >= 4 is 39.3 Å². The Hall–Kier alpha value is -4.61. The molecule has 7 rings (SSSR count). The summed E-state index contributed by atoms with van der Waals surface area (Å²) in [7, 11) is 1.90. The summed E-state index contributed by atoms with van der Waals surface area (Å²) in [6.45, 7) is 2.38. The Morgan fingerprint density at radius 2 is 1.85 bits per heavy atom. The van der Waals surface area contributed by atoms with E-state index >= 15 is 0 Å². The molecule has 0 spiro atoms. The number of carbonyl (C=O) groups is 2. The first kappa shape index (κ1) is 31.0. The summed E-state index contributed by atoms with van der Waals surface area (Å²) in [6, 6.07) is 19.7. The number of nitrogens with one attached hydrogen (secondary N) is 1. The highest BCUT2D eigenvalue weighted by Crippen LogP contribution is 2.30. The van der Waals surface area contributed by atoms with E-state index in [1.165, 1.54) is 4.57 Å². The van der Waals surface area contributed by atoms with Crippen molar-refractivity contribution < 1.29 is 14.3 Å². The molecular weight excluding hydrogens is 684 g/mol. The predicted octanol–water partition coefficient (Wildman–Crippen LogP) is 5.97. The maximum atomic E-state index is 14.2. The molecule has 1 fully saturated rings. The van der Waals surface area contributed by atoms with Crippen LogP contribution in [0.4, 0.5) is 0 Å². The molecule has 1 atom stereocenters. The van der Waals surface area contributed by atoms with Crippen molar-refractivity contribution in [3.63, 3.8) is 0 Å². The number of aromatic nitrogens is 4. The molecule has 2 aliphatic rings. The number of halogens is 2. The van der Waals surface area contributed by atoms with E-state index in [1.807, 2.05) is 61.1 Å². The van der Waals surface area contributed by atoms with E-state index in [0.29, 0.717) is 32.2 Å². The molecule has 0 unspecified atom stereocenters. The topological polar surface area (TPSA) is 103 Å². The van der Waals surface area contributed by atoms with Gasteiger partial charge in [-0.3, -0.25) is 18.7 Å². The van der Waals surface area contributed by atoms with Crippen LogP contribution in [-0.4, -0.2) is 47.5 Å². The Morgan fingerprint density at radius 3 is 2.55 bits per heavy atom. The largest absolute Gasteiger partial charge is 0.490 e. The number of nitrogens with zero attached hydrogens (tertiary/aromatic N) is 5. The van der Waals surface area contributed by atoms with Crippen LogP contribution in [0.2, 0.25) is 5.02 Å². The fourth-order valence-corrected chi connectivity index (χ4v) is 6.37. The lowest BCUT2D eigenvalue weighted by Gasteiger charge is -2.34. The van der Waals surface area contributed by atoms with Crippen molar-refractivity contribution in [1.82, 2.24) is 28.9 Å². The molecule has 12 heteroatoms. The molecule has 5 aromatic rings. The molecule has 3 aromatic carbocycles. The number of benzene rings is 3. The van der Waals surface area contributed by atoms with Crippen molar-refractivity contribution in [2.75, 3.05) is 0 Å². The SMILES string of the molecule is C[C@@H]1Cn2c(c(C(=O)NCc3ccccc3-c3cn(C)cn3)n(-c3ccc(OC4CC4)cc3)c2=O)CN1C(=O)c1ccc(Br)c(Cl)c1. The van der Waals surface area contributed by atoms with Gasteiger partial charge in [0.1, 0.15) is 11.4 Å². The molecular formula is C35H32BrClN6O4. The summed E-state index contributed by atoms with van der Waals surface area (Å²) in [6.07, 6.45) is 5.94. The van der Waals surface area contributed by atoms with Gasteiger partial charge >= 0.3 is 5.69 Å². The summed E-state index contributed by atoms with van der Waals surface area (Å²) in [4.78, 5) is 48.2. The van der Waals surface area contributed by atoms with Crippen molar-refractivity contribution in [2.45, 2.75) is 51.5 Å². The highest BCUT2D eigenvalue weighted by molar-refractivity contribution is 9.10. The van der Waals surface area contributed by atoms with E-state index in [9.17, 15) is 14.4 Å². The normalized spacial score (nSPS) is 15.7. The number of ether oxygens (including phenoxy) is 1. The second-order valence-corrected chi connectivity index (χ2v) is 13.3. The average Bonchev–Trinajstić information content (AvgIpc) is 3.71. The lowest BCUT2D eigenvalue weighted by atomic mass is 10.0. The number of hydrogen-bond donors (Lipinski definition) is 1. The second kappa shape index (κ2) is 12.5. The van der Waals surface area contributed by atoms with Crippen LogP contribution in [0, 0.1) is 0 Å². The van der Waals surface area contributed by atoms with E-state index in [2.05, 4.69) is 26.2 Å². The molecule has 1 aliphatic carbocycles. The molecule has 3 heterocycles.